The Morgan fingerprint density at radius 2 is 1.75 bits per heavy atom. The number of benzene rings is 2. The number of hydrogen-bond acceptors (Lipinski definition) is 1. The Balaban J connectivity index is 1.86. The van der Waals surface area contributed by atoms with Gasteiger partial charge in [0, 0.05) is 18.0 Å². The van der Waals surface area contributed by atoms with Crippen LogP contribution in [0, 0.1) is 0 Å². The molecule has 20 heavy (non-hydrogen) atoms. The molecule has 3 rings (SSSR count). The standard InChI is InChI=1S/C17H16ClNO/c18-15-9-5-4-8-14(15)12-19-16(10-11-17(19)20)13-6-2-1-3-7-13/h1-9,16H,10-12H2. The van der Waals surface area contributed by atoms with Gasteiger partial charge < -0.3 is 4.90 Å². The van der Waals surface area contributed by atoms with Gasteiger partial charge in [-0.1, -0.05) is 60.1 Å². The van der Waals surface area contributed by atoms with Crippen LogP contribution in [0.3, 0.4) is 0 Å². The Morgan fingerprint density at radius 3 is 2.50 bits per heavy atom. The van der Waals surface area contributed by atoms with Crippen molar-refractivity contribution in [1.82, 2.24) is 4.90 Å². The molecule has 1 heterocycles. The molecule has 1 aliphatic heterocycles. The van der Waals surface area contributed by atoms with Crippen molar-refractivity contribution in [2.45, 2.75) is 25.4 Å². The summed E-state index contributed by atoms with van der Waals surface area (Å²) in [6.45, 7) is 0.581. The fourth-order valence-corrected chi connectivity index (χ4v) is 2.96. The number of amides is 1. The molecular weight excluding hydrogens is 270 g/mol. The van der Waals surface area contributed by atoms with Crippen LogP contribution in [0.1, 0.15) is 30.0 Å². The summed E-state index contributed by atoms with van der Waals surface area (Å²) < 4.78 is 0. The second kappa shape index (κ2) is 5.68. The minimum Gasteiger partial charge on any atom is -0.331 e. The highest BCUT2D eigenvalue weighted by Crippen LogP contribution is 2.34. The van der Waals surface area contributed by atoms with Crippen molar-refractivity contribution < 1.29 is 4.79 Å². The predicted molar refractivity (Wildman–Crippen MR) is 80.4 cm³/mol. The number of likely N-dealkylation sites (tertiary alicyclic amines) is 1. The first-order valence-electron chi connectivity index (χ1n) is 6.83. The average molecular weight is 286 g/mol. The topological polar surface area (TPSA) is 20.3 Å². The summed E-state index contributed by atoms with van der Waals surface area (Å²) in [7, 11) is 0. The van der Waals surface area contributed by atoms with Crippen LogP contribution in [0.25, 0.3) is 0 Å². The van der Waals surface area contributed by atoms with E-state index in [2.05, 4.69) is 12.1 Å². The zero-order chi connectivity index (χ0) is 13.9. The third-order valence-electron chi connectivity index (χ3n) is 3.81. The normalized spacial score (nSPS) is 18.6. The molecule has 0 bridgehead atoms. The van der Waals surface area contributed by atoms with E-state index in [9.17, 15) is 4.79 Å². The summed E-state index contributed by atoms with van der Waals surface area (Å²) in [5.41, 5.74) is 2.20. The molecule has 0 aliphatic carbocycles. The number of carbonyl (C=O) groups excluding carboxylic acids is 1. The van der Waals surface area contributed by atoms with Crippen LogP contribution >= 0.6 is 11.6 Å². The van der Waals surface area contributed by atoms with Gasteiger partial charge in [-0.25, -0.2) is 0 Å². The number of rotatable bonds is 3. The predicted octanol–water partition coefficient (Wildman–Crippen LogP) is 4.20. The molecule has 1 saturated heterocycles. The van der Waals surface area contributed by atoms with Crippen LogP contribution in [-0.2, 0) is 11.3 Å². The van der Waals surface area contributed by atoms with Crippen LogP contribution in [0.4, 0.5) is 0 Å². The second-order valence-corrected chi connectivity index (χ2v) is 5.49. The molecule has 2 aromatic carbocycles. The van der Waals surface area contributed by atoms with Gasteiger partial charge in [0.1, 0.15) is 0 Å². The Hall–Kier alpha value is -1.80. The summed E-state index contributed by atoms with van der Waals surface area (Å²) in [5, 5.41) is 0.721. The maximum absolute atomic E-state index is 12.2. The number of nitrogens with zero attached hydrogens (tertiary/aromatic N) is 1. The molecule has 0 spiro atoms. The van der Waals surface area contributed by atoms with E-state index < -0.39 is 0 Å². The summed E-state index contributed by atoms with van der Waals surface area (Å²) >= 11 is 6.21. The summed E-state index contributed by atoms with van der Waals surface area (Å²) in [5.74, 6) is 0.207. The highest BCUT2D eigenvalue weighted by molar-refractivity contribution is 6.31. The van der Waals surface area contributed by atoms with Gasteiger partial charge in [0.2, 0.25) is 5.91 Å². The fraction of sp³-hybridized carbons (Fsp3) is 0.235. The molecule has 0 saturated carbocycles. The molecule has 1 atom stereocenters. The zero-order valence-electron chi connectivity index (χ0n) is 11.1. The molecule has 0 radical (unpaired) electrons. The van der Waals surface area contributed by atoms with Crippen molar-refractivity contribution in [1.29, 1.82) is 0 Å². The van der Waals surface area contributed by atoms with Crippen molar-refractivity contribution >= 4 is 17.5 Å². The van der Waals surface area contributed by atoms with E-state index in [1.807, 2.05) is 47.4 Å². The summed E-state index contributed by atoms with van der Waals surface area (Å²) in [4.78, 5) is 14.1. The number of carbonyl (C=O) groups is 1. The third-order valence-corrected chi connectivity index (χ3v) is 4.18. The van der Waals surface area contributed by atoms with Gasteiger partial charge in [0.25, 0.3) is 0 Å². The van der Waals surface area contributed by atoms with Crippen LogP contribution in [-0.4, -0.2) is 10.8 Å². The van der Waals surface area contributed by atoms with Gasteiger partial charge >= 0.3 is 0 Å². The van der Waals surface area contributed by atoms with E-state index in [1.54, 1.807) is 0 Å². The molecule has 1 aliphatic rings. The summed E-state index contributed by atoms with van der Waals surface area (Å²) in [6, 6.07) is 18.1. The van der Waals surface area contributed by atoms with Gasteiger partial charge in [-0.3, -0.25) is 4.79 Å². The molecule has 2 aromatic rings. The molecule has 3 heteroatoms. The molecule has 1 fully saturated rings. The first-order chi connectivity index (χ1) is 9.75. The highest BCUT2D eigenvalue weighted by atomic mass is 35.5. The van der Waals surface area contributed by atoms with Gasteiger partial charge in [0.15, 0.2) is 0 Å². The zero-order valence-corrected chi connectivity index (χ0v) is 11.9. The average Bonchev–Trinajstić information content (AvgIpc) is 2.84. The lowest BCUT2D eigenvalue weighted by molar-refractivity contribution is -0.129. The van der Waals surface area contributed by atoms with Crippen LogP contribution < -0.4 is 0 Å². The van der Waals surface area contributed by atoms with Gasteiger partial charge in [-0.2, -0.15) is 0 Å². The molecule has 102 valence electrons. The van der Waals surface area contributed by atoms with Crippen molar-refractivity contribution in [3.63, 3.8) is 0 Å². The number of hydrogen-bond donors (Lipinski definition) is 0. The first-order valence-corrected chi connectivity index (χ1v) is 7.21. The Morgan fingerprint density at radius 1 is 1.05 bits per heavy atom. The maximum Gasteiger partial charge on any atom is 0.223 e. The molecule has 0 aromatic heterocycles. The van der Waals surface area contributed by atoms with Crippen molar-refractivity contribution in [3.8, 4) is 0 Å². The lowest BCUT2D eigenvalue weighted by Gasteiger charge is -2.25. The van der Waals surface area contributed by atoms with E-state index in [0.717, 1.165) is 17.0 Å². The third kappa shape index (κ3) is 2.56. The van der Waals surface area contributed by atoms with E-state index >= 15 is 0 Å². The lowest BCUT2D eigenvalue weighted by atomic mass is 10.0. The van der Waals surface area contributed by atoms with Crippen molar-refractivity contribution in [2.24, 2.45) is 0 Å². The minimum atomic E-state index is 0.167. The van der Waals surface area contributed by atoms with Crippen LogP contribution in [0.2, 0.25) is 5.02 Å². The fourth-order valence-electron chi connectivity index (χ4n) is 2.76. The quantitative estimate of drug-likeness (QED) is 0.827. The Labute approximate surface area is 124 Å². The van der Waals surface area contributed by atoms with Crippen molar-refractivity contribution in [3.05, 3.63) is 70.7 Å². The first kappa shape index (κ1) is 13.2. The van der Waals surface area contributed by atoms with Crippen LogP contribution in [0.15, 0.2) is 54.6 Å². The lowest BCUT2D eigenvalue weighted by Crippen LogP contribution is -2.27. The smallest absolute Gasteiger partial charge is 0.223 e. The van der Waals surface area contributed by atoms with E-state index in [1.165, 1.54) is 5.56 Å². The van der Waals surface area contributed by atoms with Gasteiger partial charge in [-0.15, -0.1) is 0 Å². The van der Waals surface area contributed by atoms with Gasteiger partial charge in [-0.05, 0) is 23.6 Å². The molecule has 2 nitrogen and oxygen atoms in total. The molecule has 0 N–H and O–H groups in total. The van der Waals surface area contributed by atoms with Crippen molar-refractivity contribution in [2.75, 3.05) is 0 Å². The molecule has 1 unspecified atom stereocenters. The highest BCUT2D eigenvalue weighted by Gasteiger charge is 2.32. The largest absolute Gasteiger partial charge is 0.331 e. The Kier molecular flexibility index (Phi) is 3.75. The van der Waals surface area contributed by atoms with E-state index in [-0.39, 0.29) is 11.9 Å². The second-order valence-electron chi connectivity index (χ2n) is 5.08. The van der Waals surface area contributed by atoms with Crippen LogP contribution in [0.5, 0.6) is 0 Å². The summed E-state index contributed by atoms with van der Waals surface area (Å²) in [6.07, 6.45) is 1.50. The molecular formula is C17H16ClNO. The number of halogens is 1. The molecule has 1 amide bonds. The van der Waals surface area contributed by atoms with E-state index in [0.29, 0.717) is 13.0 Å². The maximum atomic E-state index is 12.2. The SMILES string of the molecule is O=C1CCC(c2ccccc2)N1Cc1ccccc1Cl. The van der Waals surface area contributed by atoms with Gasteiger partial charge in [0.05, 0.1) is 6.04 Å². The minimum absolute atomic E-state index is 0.167. The van der Waals surface area contributed by atoms with E-state index in [4.69, 9.17) is 11.6 Å². The monoisotopic (exact) mass is 285 g/mol. The Bertz CT molecular complexity index is 611.